The number of aromatic nitrogens is 1. The van der Waals surface area contributed by atoms with E-state index in [1.165, 1.54) is 17.8 Å². The predicted octanol–water partition coefficient (Wildman–Crippen LogP) is 2.92. The van der Waals surface area contributed by atoms with Crippen molar-refractivity contribution in [3.63, 3.8) is 0 Å². The number of anilines is 1. The van der Waals surface area contributed by atoms with E-state index in [2.05, 4.69) is 29.4 Å². The molecule has 1 heterocycles. The highest BCUT2D eigenvalue weighted by Gasteiger charge is 2.07. The van der Waals surface area contributed by atoms with Crippen molar-refractivity contribution < 1.29 is 9.90 Å². The molecule has 4 heteroatoms. The molecule has 2 N–H and O–H groups in total. The van der Waals surface area contributed by atoms with Crippen molar-refractivity contribution in [3.8, 4) is 5.75 Å². The van der Waals surface area contributed by atoms with Crippen LogP contribution in [-0.4, -0.2) is 16.0 Å². The quantitative estimate of drug-likeness (QED) is 0.878. The number of aryl methyl sites for hydroxylation is 2. The van der Waals surface area contributed by atoms with Crippen LogP contribution in [0.5, 0.6) is 5.75 Å². The zero-order valence-electron chi connectivity index (χ0n) is 11.5. The summed E-state index contributed by atoms with van der Waals surface area (Å²) in [5, 5.41) is 12.1. The van der Waals surface area contributed by atoms with Crippen LogP contribution in [0.15, 0.2) is 42.6 Å². The van der Waals surface area contributed by atoms with Gasteiger partial charge in [0.1, 0.15) is 0 Å². The molecule has 2 rings (SSSR count). The Bertz CT molecular complexity index is 579. The van der Waals surface area contributed by atoms with Crippen LogP contribution >= 0.6 is 0 Å². The fourth-order valence-corrected chi connectivity index (χ4v) is 1.89. The van der Waals surface area contributed by atoms with E-state index in [1.54, 1.807) is 6.07 Å². The molecule has 1 aromatic heterocycles. The fraction of sp³-hybridized carbons (Fsp3) is 0.250. The molecule has 0 radical (unpaired) electrons. The number of pyridine rings is 1. The van der Waals surface area contributed by atoms with Gasteiger partial charge in [0.25, 0.3) is 0 Å². The van der Waals surface area contributed by atoms with E-state index in [0.717, 1.165) is 12.0 Å². The molecule has 0 spiro atoms. The zero-order chi connectivity index (χ0) is 14.4. The van der Waals surface area contributed by atoms with Crippen molar-refractivity contribution in [1.29, 1.82) is 0 Å². The van der Waals surface area contributed by atoms with Gasteiger partial charge in [0.2, 0.25) is 5.91 Å². The summed E-state index contributed by atoms with van der Waals surface area (Å²) in [6.07, 6.45) is 3.57. The highest BCUT2D eigenvalue weighted by Crippen LogP contribution is 2.18. The summed E-state index contributed by atoms with van der Waals surface area (Å²) in [7, 11) is 0. The van der Waals surface area contributed by atoms with Crippen LogP contribution in [0.25, 0.3) is 0 Å². The number of hydrogen-bond acceptors (Lipinski definition) is 3. The lowest BCUT2D eigenvalue weighted by molar-refractivity contribution is -0.116. The number of benzene rings is 1. The first-order valence-corrected chi connectivity index (χ1v) is 6.70. The minimum absolute atomic E-state index is 0.0202. The number of amides is 1. The van der Waals surface area contributed by atoms with Gasteiger partial charge in [-0.05, 0) is 36.1 Å². The van der Waals surface area contributed by atoms with E-state index in [4.69, 9.17) is 0 Å². The second kappa shape index (κ2) is 6.70. The van der Waals surface area contributed by atoms with Crippen LogP contribution in [0, 0.1) is 0 Å². The van der Waals surface area contributed by atoms with Crippen LogP contribution < -0.4 is 5.32 Å². The molecule has 0 saturated heterocycles. The largest absolute Gasteiger partial charge is 0.504 e. The molecule has 0 saturated carbocycles. The zero-order valence-corrected chi connectivity index (χ0v) is 11.5. The maximum atomic E-state index is 11.8. The van der Waals surface area contributed by atoms with Crippen molar-refractivity contribution in [2.45, 2.75) is 26.2 Å². The topological polar surface area (TPSA) is 62.2 Å². The van der Waals surface area contributed by atoms with E-state index in [-0.39, 0.29) is 17.5 Å². The first kappa shape index (κ1) is 14.1. The monoisotopic (exact) mass is 270 g/mol. The van der Waals surface area contributed by atoms with Crippen LogP contribution in [0.3, 0.4) is 0 Å². The van der Waals surface area contributed by atoms with Crippen LogP contribution in [0.1, 0.15) is 24.5 Å². The Hall–Kier alpha value is -2.36. The summed E-state index contributed by atoms with van der Waals surface area (Å²) in [5.74, 6) is 0.0329. The van der Waals surface area contributed by atoms with Gasteiger partial charge in [0.05, 0.1) is 0 Å². The van der Waals surface area contributed by atoms with Crippen molar-refractivity contribution in [3.05, 3.63) is 53.7 Å². The maximum Gasteiger partial charge on any atom is 0.225 e. The molecule has 104 valence electrons. The minimum atomic E-state index is -0.154. The van der Waals surface area contributed by atoms with Crippen LogP contribution in [0.4, 0.5) is 5.82 Å². The molecule has 1 aromatic carbocycles. The van der Waals surface area contributed by atoms with Gasteiger partial charge in [0.15, 0.2) is 11.6 Å². The molecule has 1 amide bonds. The third-order valence-electron chi connectivity index (χ3n) is 3.12. The summed E-state index contributed by atoms with van der Waals surface area (Å²) >= 11 is 0. The van der Waals surface area contributed by atoms with Gasteiger partial charge in [-0.2, -0.15) is 0 Å². The average Bonchev–Trinajstić information content (AvgIpc) is 2.48. The minimum Gasteiger partial charge on any atom is -0.504 e. The number of nitrogens with one attached hydrogen (secondary N) is 1. The predicted molar refractivity (Wildman–Crippen MR) is 78.7 cm³/mol. The molecule has 0 bridgehead atoms. The van der Waals surface area contributed by atoms with E-state index in [0.29, 0.717) is 12.8 Å². The summed E-state index contributed by atoms with van der Waals surface area (Å²) in [4.78, 5) is 15.7. The summed E-state index contributed by atoms with van der Waals surface area (Å²) < 4.78 is 0. The summed E-state index contributed by atoms with van der Waals surface area (Å²) in [5.41, 5.74) is 2.42. The Morgan fingerprint density at radius 2 is 1.90 bits per heavy atom. The molecular weight excluding hydrogens is 252 g/mol. The second-order valence-electron chi connectivity index (χ2n) is 4.59. The molecular formula is C16H18N2O2. The standard InChI is InChI=1S/C16H18N2O2/c1-2-12-5-7-13(8-6-12)9-10-15(20)18-16-14(19)4-3-11-17-16/h3-8,11,19H,2,9-10H2,1H3,(H,17,18,20). The molecule has 0 aliphatic rings. The van der Waals surface area contributed by atoms with Gasteiger partial charge < -0.3 is 10.4 Å². The molecule has 20 heavy (non-hydrogen) atoms. The number of aromatic hydroxyl groups is 1. The van der Waals surface area contributed by atoms with Crippen molar-refractivity contribution in [1.82, 2.24) is 4.98 Å². The number of carbonyl (C=O) groups excluding carboxylic acids is 1. The van der Waals surface area contributed by atoms with Gasteiger partial charge in [-0.15, -0.1) is 0 Å². The van der Waals surface area contributed by atoms with E-state index in [1.807, 2.05) is 12.1 Å². The van der Waals surface area contributed by atoms with E-state index >= 15 is 0 Å². The highest BCUT2D eigenvalue weighted by atomic mass is 16.3. The normalized spacial score (nSPS) is 10.2. The first-order chi connectivity index (χ1) is 9.69. The van der Waals surface area contributed by atoms with Crippen LogP contribution in [-0.2, 0) is 17.6 Å². The lowest BCUT2D eigenvalue weighted by Gasteiger charge is -2.06. The number of carbonyl (C=O) groups is 1. The second-order valence-corrected chi connectivity index (χ2v) is 4.59. The Morgan fingerprint density at radius 3 is 2.55 bits per heavy atom. The molecule has 2 aromatic rings. The first-order valence-electron chi connectivity index (χ1n) is 6.70. The number of rotatable bonds is 5. The number of nitrogens with zero attached hydrogens (tertiary/aromatic N) is 1. The Labute approximate surface area is 118 Å². The smallest absolute Gasteiger partial charge is 0.225 e. The average molecular weight is 270 g/mol. The van der Waals surface area contributed by atoms with E-state index < -0.39 is 0 Å². The molecule has 0 aliphatic carbocycles. The highest BCUT2D eigenvalue weighted by molar-refractivity contribution is 5.91. The molecule has 4 nitrogen and oxygen atoms in total. The van der Waals surface area contributed by atoms with Gasteiger partial charge in [0, 0.05) is 12.6 Å². The fourth-order valence-electron chi connectivity index (χ4n) is 1.89. The molecule has 0 unspecified atom stereocenters. The Kier molecular flexibility index (Phi) is 4.71. The Morgan fingerprint density at radius 1 is 1.20 bits per heavy atom. The van der Waals surface area contributed by atoms with Gasteiger partial charge >= 0.3 is 0 Å². The SMILES string of the molecule is CCc1ccc(CCC(=O)Nc2ncccc2O)cc1. The van der Waals surface area contributed by atoms with Gasteiger partial charge in [-0.3, -0.25) is 4.79 Å². The summed E-state index contributed by atoms with van der Waals surface area (Å²) in [6, 6.07) is 11.4. The lowest BCUT2D eigenvalue weighted by atomic mass is 10.1. The van der Waals surface area contributed by atoms with Crippen molar-refractivity contribution in [2.24, 2.45) is 0 Å². The van der Waals surface area contributed by atoms with Crippen LogP contribution in [0.2, 0.25) is 0 Å². The lowest BCUT2D eigenvalue weighted by Crippen LogP contribution is -2.13. The van der Waals surface area contributed by atoms with Gasteiger partial charge in [-0.25, -0.2) is 4.98 Å². The number of hydrogen-bond donors (Lipinski definition) is 2. The third-order valence-corrected chi connectivity index (χ3v) is 3.12. The third kappa shape index (κ3) is 3.82. The molecule has 0 fully saturated rings. The Balaban J connectivity index is 1.87. The van der Waals surface area contributed by atoms with E-state index in [9.17, 15) is 9.90 Å². The molecule has 0 atom stereocenters. The molecule has 0 aliphatic heterocycles. The maximum absolute atomic E-state index is 11.8. The summed E-state index contributed by atoms with van der Waals surface area (Å²) in [6.45, 7) is 2.11. The van der Waals surface area contributed by atoms with Crippen molar-refractivity contribution >= 4 is 11.7 Å². The van der Waals surface area contributed by atoms with Gasteiger partial charge in [-0.1, -0.05) is 31.2 Å². The van der Waals surface area contributed by atoms with Crippen molar-refractivity contribution in [2.75, 3.05) is 5.32 Å².